The minimum absolute atomic E-state index is 0.138. The van der Waals surface area contributed by atoms with E-state index in [2.05, 4.69) is 45.2 Å². The Morgan fingerprint density at radius 1 is 1.44 bits per heavy atom. The molecule has 0 unspecified atom stereocenters. The Hall–Kier alpha value is 1.53. The molecule has 2 N–H and O–H groups in total. The Kier molecular flexibility index (Phi) is 4.48. The molecule has 18 heavy (non-hydrogen) atoms. The van der Waals surface area contributed by atoms with Crippen LogP contribution in [0.5, 0.6) is 0 Å². The fraction of sp³-hybridized carbons (Fsp3) is 0.600. The molecule has 0 spiro atoms. The highest BCUT2D eigenvalue weighted by molar-refractivity contribution is 14.1. The predicted octanol–water partition coefficient (Wildman–Crippen LogP) is 3.44. The first kappa shape index (κ1) is 15.9. The van der Waals surface area contributed by atoms with Gasteiger partial charge in [0.25, 0.3) is 0 Å². The van der Waals surface area contributed by atoms with Gasteiger partial charge in [-0.25, -0.2) is 0 Å². The van der Waals surface area contributed by atoms with Crippen LogP contribution >= 0.6 is 80.0 Å². The average Bonchev–Trinajstić information content (AvgIpc) is 2.64. The molecule has 1 aliphatic heterocycles. The summed E-state index contributed by atoms with van der Waals surface area (Å²) in [5.74, 6) is -0.550. The molecule has 0 aromatic carbocycles. The Morgan fingerprint density at radius 2 is 2.00 bits per heavy atom. The fourth-order valence-electron chi connectivity index (χ4n) is 2.52. The van der Waals surface area contributed by atoms with E-state index in [1.54, 1.807) is 6.07 Å². The van der Waals surface area contributed by atoms with Crippen LogP contribution in [0.4, 0.5) is 0 Å². The van der Waals surface area contributed by atoms with Crippen molar-refractivity contribution in [3.63, 3.8) is 0 Å². The van der Waals surface area contributed by atoms with E-state index in [4.69, 9.17) is 34.8 Å². The van der Waals surface area contributed by atoms with Gasteiger partial charge in [0.1, 0.15) is 0 Å². The molecule has 0 saturated carbocycles. The van der Waals surface area contributed by atoms with Crippen LogP contribution in [0.25, 0.3) is 0 Å². The molecular weight excluding hydrogens is 526 g/mol. The molecule has 2 rings (SSSR count). The standard InChI is InChI=1S/C10H10Cl3I2NO2/c1-4-5(3-17)9(18,10(11,12)13)7-2-6(14)8(15)16(4)7/h2,4-5,17-18H,3H2,1H3/t4-,5-,9-/m1/s1. The van der Waals surface area contributed by atoms with Crippen LogP contribution in [0.3, 0.4) is 0 Å². The van der Waals surface area contributed by atoms with Crippen molar-refractivity contribution in [3.8, 4) is 0 Å². The van der Waals surface area contributed by atoms with Crippen molar-refractivity contribution >= 4 is 80.0 Å². The van der Waals surface area contributed by atoms with Gasteiger partial charge >= 0.3 is 0 Å². The molecule has 1 aromatic rings. The van der Waals surface area contributed by atoms with Crippen molar-refractivity contribution in [2.45, 2.75) is 22.4 Å². The van der Waals surface area contributed by atoms with E-state index in [1.165, 1.54) is 0 Å². The van der Waals surface area contributed by atoms with E-state index in [-0.39, 0.29) is 12.6 Å². The van der Waals surface area contributed by atoms with E-state index in [9.17, 15) is 10.2 Å². The molecule has 1 aromatic heterocycles. The number of hydrogen-bond donors (Lipinski definition) is 2. The molecule has 0 aliphatic carbocycles. The monoisotopic (exact) mass is 535 g/mol. The highest BCUT2D eigenvalue weighted by Gasteiger charge is 2.61. The molecule has 3 atom stereocenters. The van der Waals surface area contributed by atoms with Gasteiger partial charge in [-0.15, -0.1) is 0 Å². The topological polar surface area (TPSA) is 45.4 Å². The molecule has 1 aliphatic rings. The number of hydrogen-bond acceptors (Lipinski definition) is 2. The summed E-state index contributed by atoms with van der Waals surface area (Å²) in [6, 6.07) is 1.66. The lowest BCUT2D eigenvalue weighted by Gasteiger charge is -2.36. The van der Waals surface area contributed by atoms with Crippen LogP contribution in [0.2, 0.25) is 0 Å². The first-order valence-electron chi connectivity index (χ1n) is 5.13. The first-order chi connectivity index (χ1) is 8.16. The number of aliphatic hydroxyl groups is 2. The van der Waals surface area contributed by atoms with Gasteiger partial charge in [-0.2, -0.15) is 0 Å². The number of rotatable bonds is 1. The SMILES string of the molecule is C[C@@H]1[C@@H](CO)[C@](O)(C(Cl)(Cl)Cl)c2cc(I)c(I)n21. The number of fused-ring (bicyclic) bond motifs is 1. The van der Waals surface area contributed by atoms with Gasteiger partial charge in [0.2, 0.25) is 3.79 Å². The molecule has 0 amide bonds. The minimum Gasteiger partial charge on any atom is -0.396 e. The van der Waals surface area contributed by atoms with Crippen LogP contribution < -0.4 is 0 Å². The van der Waals surface area contributed by atoms with Crippen molar-refractivity contribution in [2.24, 2.45) is 5.92 Å². The zero-order valence-corrected chi connectivity index (χ0v) is 15.8. The molecule has 2 heterocycles. The molecule has 0 saturated heterocycles. The third-order valence-corrected chi connectivity index (χ3v) is 7.30. The Morgan fingerprint density at radius 3 is 2.44 bits per heavy atom. The second kappa shape index (κ2) is 5.06. The Labute approximate surface area is 147 Å². The van der Waals surface area contributed by atoms with Gasteiger partial charge < -0.3 is 14.8 Å². The third kappa shape index (κ3) is 2.03. The predicted molar refractivity (Wildman–Crippen MR) is 89.3 cm³/mol. The maximum atomic E-state index is 10.9. The lowest BCUT2D eigenvalue weighted by molar-refractivity contribution is -0.0377. The van der Waals surface area contributed by atoms with E-state index in [0.29, 0.717) is 5.69 Å². The lowest BCUT2D eigenvalue weighted by Crippen LogP contribution is -2.46. The second-order valence-electron chi connectivity index (χ2n) is 4.33. The van der Waals surface area contributed by atoms with E-state index in [1.807, 2.05) is 11.5 Å². The summed E-state index contributed by atoms with van der Waals surface area (Å²) in [5, 5.41) is 20.4. The largest absolute Gasteiger partial charge is 0.396 e. The number of nitrogens with zero attached hydrogens (tertiary/aromatic N) is 1. The summed E-state index contributed by atoms with van der Waals surface area (Å²) in [6.45, 7) is 1.65. The number of aliphatic hydroxyl groups excluding tert-OH is 1. The van der Waals surface area contributed by atoms with Crippen LogP contribution in [0.1, 0.15) is 18.7 Å². The maximum absolute atomic E-state index is 10.9. The summed E-state index contributed by atoms with van der Waals surface area (Å²) in [5.41, 5.74) is -1.14. The third-order valence-electron chi connectivity index (χ3n) is 3.48. The van der Waals surface area contributed by atoms with Gasteiger partial charge in [0.05, 0.1) is 16.0 Å². The zero-order chi connectivity index (χ0) is 13.9. The summed E-state index contributed by atoms with van der Waals surface area (Å²) in [7, 11) is 0. The summed E-state index contributed by atoms with van der Waals surface area (Å²) >= 11 is 22.2. The van der Waals surface area contributed by atoms with Crippen molar-refractivity contribution in [1.82, 2.24) is 4.57 Å². The molecular formula is C10H10Cl3I2NO2. The van der Waals surface area contributed by atoms with Crippen LogP contribution in [-0.2, 0) is 5.60 Å². The van der Waals surface area contributed by atoms with Gasteiger partial charge in [-0.3, -0.25) is 0 Å². The van der Waals surface area contributed by atoms with Crippen molar-refractivity contribution in [2.75, 3.05) is 6.61 Å². The average molecular weight is 536 g/mol. The first-order valence-corrected chi connectivity index (χ1v) is 8.42. The molecule has 102 valence electrons. The van der Waals surface area contributed by atoms with Gasteiger partial charge in [-0.05, 0) is 58.2 Å². The Balaban J connectivity index is 2.71. The van der Waals surface area contributed by atoms with Crippen LogP contribution in [-0.4, -0.2) is 25.2 Å². The van der Waals surface area contributed by atoms with Crippen LogP contribution in [0.15, 0.2) is 6.07 Å². The number of alkyl halides is 3. The van der Waals surface area contributed by atoms with Crippen LogP contribution in [0, 0.1) is 13.2 Å². The van der Waals surface area contributed by atoms with E-state index in [0.717, 1.165) is 7.27 Å². The van der Waals surface area contributed by atoms with Crippen molar-refractivity contribution in [1.29, 1.82) is 0 Å². The minimum atomic E-state index is -1.90. The smallest absolute Gasteiger partial charge is 0.224 e. The molecule has 3 nitrogen and oxygen atoms in total. The number of aromatic nitrogens is 1. The maximum Gasteiger partial charge on any atom is 0.224 e. The van der Waals surface area contributed by atoms with E-state index >= 15 is 0 Å². The molecule has 0 fully saturated rings. The quantitative estimate of drug-likeness (QED) is 0.427. The van der Waals surface area contributed by atoms with Gasteiger partial charge in [0.15, 0.2) is 5.60 Å². The van der Waals surface area contributed by atoms with Crippen molar-refractivity contribution < 1.29 is 10.2 Å². The summed E-state index contributed by atoms with van der Waals surface area (Å²) in [4.78, 5) is 0. The lowest BCUT2D eigenvalue weighted by atomic mass is 9.85. The van der Waals surface area contributed by atoms with Gasteiger partial charge in [-0.1, -0.05) is 34.8 Å². The highest BCUT2D eigenvalue weighted by atomic mass is 127. The molecule has 0 radical (unpaired) electrons. The Bertz CT molecular complexity index is 488. The van der Waals surface area contributed by atoms with Crippen molar-refractivity contribution in [3.05, 3.63) is 19.0 Å². The summed E-state index contributed by atoms with van der Waals surface area (Å²) < 4.78 is 1.98. The molecule has 8 heteroatoms. The summed E-state index contributed by atoms with van der Waals surface area (Å²) in [6.07, 6.45) is 0. The second-order valence-corrected chi connectivity index (χ2v) is 8.80. The zero-order valence-electron chi connectivity index (χ0n) is 9.17. The molecule has 0 bridgehead atoms. The highest BCUT2D eigenvalue weighted by Crippen LogP contribution is 2.57. The fourth-order valence-corrected chi connectivity index (χ4v) is 4.64. The van der Waals surface area contributed by atoms with E-state index < -0.39 is 15.3 Å². The normalized spacial score (nSPS) is 31.8. The number of halogens is 5. The van der Waals surface area contributed by atoms with Gasteiger partial charge in [0, 0.05) is 15.5 Å².